The number of nitrogens with one attached hydrogen (secondary N) is 1. The summed E-state index contributed by atoms with van der Waals surface area (Å²) in [5, 5.41) is 0.614. The van der Waals surface area contributed by atoms with E-state index >= 15 is 8.78 Å². The Hall–Kier alpha value is -2.58. The van der Waals surface area contributed by atoms with E-state index in [9.17, 15) is 4.79 Å². The molecule has 2 atom stereocenters. The van der Waals surface area contributed by atoms with Crippen molar-refractivity contribution in [2.24, 2.45) is 5.92 Å². The second-order valence-electron chi connectivity index (χ2n) is 10.8. The van der Waals surface area contributed by atoms with E-state index < -0.39 is 23.3 Å². The van der Waals surface area contributed by atoms with Crippen molar-refractivity contribution in [2.45, 2.75) is 45.3 Å². The van der Waals surface area contributed by atoms with Crippen molar-refractivity contribution < 1.29 is 18.3 Å². The molecule has 1 aliphatic carbocycles. The molecule has 0 unspecified atom stereocenters. The summed E-state index contributed by atoms with van der Waals surface area (Å²) in [7, 11) is 3.60. The van der Waals surface area contributed by atoms with Gasteiger partial charge < -0.3 is 19.5 Å². The Morgan fingerprint density at radius 3 is 2.74 bits per heavy atom. The van der Waals surface area contributed by atoms with Crippen LogP contribution >= 0.6 is 11.6 Å². The number of hydrogen-bond acceptors (Lipinski definition) is 4. The number of anilines is 1. The number of aromatic amines is 1. The maximum atomic E-state index is 15.5. The molecule has 2 fully saturated rings. The number of carbonyl (C=O) groups is 1. The van der Waals surface area contributed by atoms with Gasteiger partial charge in [-0.25, -0.2) is 13.6 Å². The lowest BCUT2D eigenvalue weighted by molar-refractivity contribution is 0.0589. The van der Waals surface area contributed by atoms with Crippen molar-refractivity contribution in [1.29, 1.82) is 0 Å². The van der Waals surface area contributed by atoms with Crippen LogP contribution in [-0.4, -0.2) is 66.2 Å². The van der Waals surface area contributed by atoms with Crippen LogP contribution in [-0.2, 0) is 11.2 Å². The number of H-pyrrole nitrogens is 1. The summed E-state index contributed by atoms with van der Waals surface area (Å²) < 4.78 is 36.1. The Balaban J connectivity index is 1.68. The molecule has 6 nitrogen and oxygen atoms in total. The van der Waals surface area contributed by atoms with Gasteiger partial charge in [-0.3, -0.25) is 4.90 Å². The number of carbonyl (C=O) groups excluding carboxylic acids is 1. The van der Waals surface area contributed by atoms with E-state index in [4.69, 9.17) is 16.3 Å². The summed E-state index contributed by atoms with van der Waals surface area (Å²) in [5.74, 6) is -1.48. The first-order valence-electron chi connectivity index (χ1n) is 12.0. The molecular weight excluding hydrogens is 474 g/mol. The minimum absolute atomic E-state index is 0.108. The fourth-order valence-corrected chi connectivity index (χ4v) is 5.95. The zero-order valence-corrected chi connectivity index (χ0v) is 21.5. The average molecular weight is 505 g/mol. The van der Waals surface area contributed by atoms with Crippen molar-refractivity contribution >= 4 is 40.0 Å². The lowest BCUT2D eigenvalue weighted by Crippen LogP contribution is -2.34. The fourth-order valence-electron chi connectivity index (χ4n) is 5.66. The molecule has 0 saturated carbocycles. The van der Waals surface area contributed by atoms with Gasteiger partial charge in [-0.15, -0.1) is 0 Å². The number of halogens is 3. The van der Waals surface area contributed by atoms with Gasteiger partial charge in [0.05, 0.1) is 27.3 Å². The number of hydrogen-bond donors (Lipinski definition) is 1. The highest BCUT2D eigenvalue weighted by Gasteiger charge is 2.43. The molecule has 9 heteroatoms. The Morgan fingerprint density at radius 1 is 1.29 bits per heavy atom. The predicted molar refractivity (Wildman–Crippen MR) is 135 cm³/mol. The fraction of sp³-hybridized carbons (Fsp3) is 0.500. The molecule has 1 amide bonds. The van der Waals surface area contributed by atoms with E-state index in [-0.39, 0.29) is 17.1 Å². The summed E-state index contributed by atoms with van der Waals surface area (Å²) in [6.07, 6.45) is 4.60. The van der Waals surface area contributed by atoms with Gasteiger partial charge in [-0.05, 0) is 46.2 Å². The molecule has 3 aliphatic rings. The molecule has 1 aromatic heterocycles. The predicted octanol–water partition coefficient (Wildman–Crippen LogP) is 5.47. The van der Waals surface area contributed by atoms with E-state index in [1.807, 2.05) is 12.2 Å². The summed E-state index contributed by atoms with van der Waals surface area (Å²) in [4.78, 5) is 21.9. The summed E-state index contributed by atoms with van der Waals surface area (Å²) >= 11 is 6.82. The largest absolute Gasteiger partial charge is 0.443 e. The zero-order chi connectivity index (χ0) is 25.2. The maximum absolute atomic E-state index is 15.5. The van der Waals surface area contributed by atoms with Crippen LogP contribution < -0.4 is 4.90 Å². The van der Waals surface area contributed by atoms with Gasteiger partial charge in [0.1, 0.15) is 5.60 Å². The van der Waals surface area contributed by atoms with Crippen molar-refractivity contribution in [2.75, 3.05) is 38.6 Å². The van der Waals surface area contributed by atoms with Crippen LogP contribution in [0.3, 0.4) is 0 Å². The van der Waals surface area contributed by atoms with Crippen molar-refractivity contribution in [1.82, 2.24) is 14.8 Å². The molecule has 2 aromatic rings. The normalized spacial score (nSPS) is 22.6. The smallest absolute Gasteiger partial charge is 0.414 e. The van der Waals surface area contributed by atoms with Crippen LogP contribution in [0.2, 0.25) is 0 Å². The first kappa shape index (κ1) is 24.1. The average Bonchev–Trinajstić information content (AvgIpc) is 3.40. The standard InChI is InChI=1S/C26H31ClF2N4O2/c1-26(2,3)35-25(34)32(5)18-11-16(28)22(29)21-20-17(30-23(18)21)8-6-7-15(27)24(20)33-10-9-14-12-31(4)13-19(14)33/h6-7,11,14,19,30H,8-10,12-13H2,1-5H3/t14-,19+/m1/s1. The molecule has 2 aliphatic heterocycles. The second kappa shape index (κ2) is 8.52. The highest BCUT2D eigenvalue weighted by atomic mass is 35.5. The number of amides is 1. The third-order valence-electron chi connectivity index (χ3n) is 7.12. The number of ether oxygens (including phenoxy) is 1. The first-order chi connectivity index (χ1) is 16.5. The second-order valence-corrected chi connectivity index (χ2v) is 11.2. The first-order valence-corrected chi connectivity index (χ1v) is 12.3. The maximum Gasteiger partial charge on any atom is 0.414 e. The van der Waals surface area contributed by atoms with Crippen LogP contribution in [0.1, 0.15) is 38.4 Å². The topological polar surface area (TPSA) is 51.8 Å². The van der Waals surface area contributed by atoms with Crippen LogP contribution in [0.25, 0.3) is 16.6 Å². The van der Waals surface area contributed by atoms with E-state index in [2.05, 4.69) is 21.8 Å². The number of rotatable bonds is 2. The minimum Gasteiger partial charge on any atom is -0.443 e. The number of likely N-dealkylation sites (N-methyl/N-ethyl adjacent to an activating group) is 1. The van der Waals surface area contributed by atoms with Crippen molar-refractivity contribution in [3.05, 3.63) is 46.1 Å². The van der Waals surface area contributed by atoms with Gasteiger partial charge in [0.25, 0.3) is 0 Å². The molecule has 1 N–H and O–H groups in total. The molecule has 2 saturated heterocycles. The molecular formula is C26H31ClF2N4O2. The summed E-state index contributed by atoms with van der Waals surface area (Å²) in [5.41, 5.74) is 1.85. The number of fused-ring (bicyclic) bond motifs is 4. The number of benzene rings is 1. The molecule has 1 aromatic carbocycles. The summed E-state index contributed by atoms with van der Waals surface area (Å²) in [6, 6.07) is 1.30. The SMILES string of the molecule is CN1C[C@H]2CCN(C3=C(Cl)C=CCc4[nH]c5c(N(C)C(=O)OC(C)(C)C)cc(F)c(F)c5c43)[C@H]2C1. The molecule has 3 heterocycles. The van der Waals surface area contributed by atoms with Gasteiger partial charge in [-0.2, -0.15) is 0 Å². The van der Waals surface area contributed by atoms with Gasteiger partial charge in [0.15, 0.2) is 11.6 Å². The zero-order valence-electron chi connectivity index (χ0n) is 20.7. The summed E-state index contributed by atoms with van der Waals surface area (Å²) in [6.45, 7) is 7.97. The van der Waals surface area contributed by atoms with Crippen molar-refractivity contribution in [3.63, 3.8) is 0 Å². The molecule has 35 heavy (non-hydrogen) atoms. The molecule has 0 spiro atoms. The highest BCUT2D eigenvalue weighted by molar-refractivity contribution is 6.34. The highest BCUT2D eigenvalue weighted by Crippen LogP contribution is 2.45. The van der Waals surface area contributed by atoms with Crippen LogP contribution in [0.5, 0.6) is 0 Å². The van der Waals surface area contributed by atoms with E-state index in [0.717, 1.165) is 43.5 Å². The minimum atomic E-state index is -1.03. The van der Waals surface area contributed by atoms with Gasteiger partial charge >= 0.3 is 6.09 Å². The van der Waals surface area contributed by atoms with Gasteiger partial charge in [0, 0.05) is 56.5 Å². The Labute approximate surface area is 209 Å². The third kappa shape index (κ3) is 4.10. The lowest BCUT2D eigenvalue weighted by Gasteiger charge is -2.30. The van der Waals surface area contributed by atoms with Gasteiger partial charge in [-0.1, -0.05) is 17.7 Å². The number of aromatic nitrogens is 1. The molecule has 5 rings (SSSR count). The van der Waals surface area contributed by atoms with E-state index in [1.54, 1.807) is 20.8 Å². The van der Waals surface area contributed by atoms with E-state index in [1.165, 1.54) is 11.9 Å². The quantitative estimate of drug-likeness (QED) is 0.589. The third-order valence-corrected chi connectivity index (χ3v) is 7.43. The Bertz CT molecular complexity index is 1260. The number of likely N-dealkylation sites (tertiary alicyclic amines) is 2. The van der Waals surface area contributed by atoms with Crippen LogP contribution in [0.15, 0.2) is 23.3 Å². The van der Waals surface area contributed by atoms with Crippen LogP contribution in [0, 0.1) is 17.6 Å². The number of allylic oxidation sites excluding steroid dienone is 3. The van der Waals surface area contributed by atoms with Crippen molar-refractivity contribution in [3.8, 4) is 0 Å². The molecule has 0 bridgehead atoms. The molecule has 0 radical (unpaired) electrons. The van der Waals surface area contributed by atoms with Gasteiger partial charge in [0.2, 0.25) is 0 Å². The molecule has 188 valence electrons. The van der Waals surface area contributed by atoms with E-state index in [0.29, 0.717) is 28.5 Å². The Morgan fingerprint density at radius 2 is 2.03 bits per heavy atom. The lowest BCUT2D eigenvalue weighted by atomic mass is 10.0. The Kier molecular flexibility index (Phi) is 5.87. The number of nitrogens with zero attached hydrogens (tertiary/aromatic N) is 3. The monoisotopic (exact) mass is 504 g/mol. The van der Waals surface area contributed by atoms with Crippen LogP contribution in [0.4, 0.5) is 19.3 Å².